The summed E-state index contributed by atoms with van der Waals surface area (Å²) >= 11 is 2.89. The van der Waals surface area contributed by atoms with Gasteiger partial charge in [-0.1, -0.05) is 27.0 Å². The normalized spacial score (nSPS) is 11.9. The lowest BCUT2D eigenvalue weighted by atomic mass is 10.2. The third-order valence-electron chi connectivity index (χ3n) is 5.08. The van der Waals surface area contributed by atoms with Gasteiger partial charge in [-0.05, 0) is 31.4 Å². The minimum absolute atomic E-state index is 0.00192. The summed E-state index contributed by atoms with van der Waals surface area (Å²) in [6.45, 7) is 12.2. The molecule has 0 aromatic heterocycles. The molecule has 12 nitrogen and oxygen atoms in total. The van der Waals surface area contributed by atoms with Crippen LogP contribution >= 0.6 is 23.5 Å². The number of ether oxygens (including phenoxy) is 6. The average Bonchev–Trinajstić information content (AvgIpc) is 3.00. The molecule has 43 heavy (non-hydrogen) atoms. The van der Waals surface area contributed by atoms with E-state index in [1.807, 2.05) is 13.8 Å². The molecule has 0 aliphatic heterocycles. The number of thioether (sulfide) groups is 2. The van der Waals surface area contributed by atoms with Gasteiger partial charge in [0.05, 0.1) is 26.2 Å². The van der Waals surface area contributed by atoms with E-state index >= 15 is 0 Å². The first-order chi connectivity index (χ1) is 20.8. The van der Waals surface area contributed by atoms with Crippen molar-refractivity contribution < 1.29 is 52.4 Å². The van der Waals surface area contributed by atoms with Crippen LogP contribution in [-0.2, 0) is 47.6 Å². The van der Waals surface area contributed by atoms with Crippen LogP contribution in [-0.4, -0.2) is 105 Å². The number of hydrogen-bond acceptors (Lipinski definition) is 13. The summed E-state index contributed by atoms with van der Waals surface area (Å²) in [5, 5.41) is 2.51. The molecule has 14 heteroatoms. The van der Waals surface area contributed by atoms with Crippen molar-refractivity contribution in [1.29, 1.82) is 0 Å². The molecule has 0 spiro atoms. The van der Waals surface area contributed by atoms with Gasteiger partial charge in [-0.15, -0.1) is 0 Å². The van der Waals surface area contributed by atoms with Crippen LogP contribution in [0.2, 0.25) is 0 Å². The van der Waals surface area contributed by atoms with Gasteiger partial charge in [0.15, 0.2) is 6.10 Å². The zero-order chi connectivity index (χ0) is 32.1. The number of amides is 1. The van der Waals surface area contributed by atoms with Gasteiger partial charge in [-0.25, -0.2) is 14.4 Å². The molecule has 1 amide bonds. The number of alkyl carbamates (subject to hydrolysis) is 1. The predicted molar refractivity (Wildman–Crippen MR) is 166 cm³/mol. The summed E-state index contributed by atoms with van der Waals surface area (Å²) in [6.07, 6.45) is 2.49. The standard InChI is InChI=1S/C29H47NO11S2/c1-5-14-36-16-10-19-42-21-23(40-28(34)11-9-17-38-25(31)7-3)24(22-43-20-12-27(33)37-15-6-2)41-29(35)30-13-18-39-26(32)8-4/h7-8,23-24H,3-6,9-22H2,1-2H3,(H,30,35). The first-order valence-corrected chi connectivity index (χ1v) is 16.7. The monoisotopic (exact) mass is 649 g/mol. The van der Waals surface area contributed by atoms with Crippen molar-refractivity contribution in [3.8, 4) is 0 Å². The minimum Gasteiger partial charge on any atom is -0.466 e. The minimum atomic E-state index is -0.848. The molecule has 0 radical (unpaired) electrons. The van der Waals surface area contributed by atoms with Crippen molar-refractivity contribution in [3.05, 3.63) is 25.3 Å². The molecule has 2 atom stereocenters. The molecular formula is C29H47NO11S2. The van der Waals surface area contributed by atoms with Gasteiger partial charge in [-0.2, -0.15) is 23.5 Å². The molecule has 1 N–H and O–H groups in total. The third-order valence-corrected chi connectivity index (χ3v) is 7.28. The first kappa shape index (κ1) is 40.3. The van der Waals surface area contributed by atoms with Gasteiger partial charge < -0.3 is 33.7 Å². The highest BCUT2D eigenvalue weighted by atomic mass is 32.2. The van der Waals surface area contributed by atoms with Crippen LogP contribution in [0.3, 0.4) is 0 Å². The molecule has 0 heterocycles. The fourth-order valence-corrected chi connectivity index (χ4v) is 5.00. The number of nitrogens with one attached hydrogen (secondary N) is 1. The second-order valence-corrected chi connectivity index (χ2v) is 11.1. The SMILES string of the molecule is C=CC(=O)OCCCC(=O)OC(CSCCCOCCC)C(CSCCC(=O)OCCC)OC(=O)NCCOC(=O)C=C. The summed E-state index contributed by atoms with van der Waals surface area (Å²) in [5.41, 5.74) is 0. The Morgan fingerprint density at radius 1 is 0.698 bits per heavy atom. The van der Waals surface area contributed by atoms with Crippen LogP contribution in [0.1, 0.15) is 52.4 Å². The maximum absolute atomic E-state index is 12.7. The van der Waals surface area contributed by atoms with Crippen molar-refractivity contribution >= 4 is 53.5 Å². The lowest BCUT2D eigenvalue weighted by Crippen LogP contribution is -2.42. The maximum atomic E-state index is 12.7. The average molecular weight is 650 g/mol. The number of esters is 4. The summed E-state index contributed by atoms with van der Waals surface area (Å²) in [4.78, 5) is 59.6. The number of hydrogen-bond donors (Lipinski definition) is 1. The second-order valence-electron chi connectivity index (χ2n) is 8.83. The largest absolute Gasteiger partial charge is 0.466 e. The van der Waals surface area contributed by atoms with Crippen LogP contribution < -0.4 is 5.32 Å². The molecule has 246 valence electrons. The Kier molecular flexibility index (Phi) is 26.3. The van der Waals surface area contributed by atoms with Crippen molar-refractivity contribution in [3.63, 3.8) is 0 Å². The van der Waals surface area contributed by atoms with E-state index in [2.05, 4.69) is 18.5 Å². The number of carbonyl (C=O) groups is 5. The van der Waals surface area contributed by atoms with E-state index in [-0.39, 0.29) is 50.7 Å². The summed E-state index contributed by atoms with van der Waals surface area (Å²) < 4.78 is 31.8. The van der Waals surface area contributed by atoms with E-state index in [0.29, 0.717) is 31.3 Å². The fraction of sp³-hybridized carbons (Fsp3) is 0.690. The van der Waals surface area contributed by atoms with Gasteiger partial charge in [0.25, 0.3) is 0 Å². The van der Waals surface area contributed by atoms with Gasteiger partial charge in [0, 0.05) is 49.0 Å². The van der Waals surface area contributed by atoms with E-state index < -0.39 is 36.2 Å². The Hall–Kier alpha value is -2.71. The predicted octanol–water partition coefficient (Wildman–Crippen LogP) is 3.86. The molecule has 0 rings (SSSR count). The van der Waals surface area contributed by atoms with Crippen LogP contribution in [0, 0.1) is 0 Å². The van der Waals surface area contributed by atoms with Crippen molar-refractivity contribution in [2.24, 2.45) is 0 Å². The molecule has 0 aromatic rings. The lowest BCUT2D eigenvalue weighted by Gasteiger charge is -2.27. The van der Waals surface area contributed by atoms with Crippen LogP contribution in [0.5, 0.6) is 0 Å². The highest BCUT2D eigenvalue weighted by Crippen LogP contribution is 2.19. The van der Waals surface area contributed by atoms with E-state index in [1.165, 1.54) is 23.5 Å². The second kappa shape index (κ2) is 28.1. The molecule has 2 unspecified atom stereocenters. The quantitative estimate of drug-likeness (QED) is 0.0594. The molecule has 0 fully saturated rings. The van der Waals surface area contributed by atoms with Gasteiger partial charge in [0.2, 0.25) is 0 Å². The number of carbonyl (C=O) groups excluding carboxylic acids is 5. The Balaban J connectivity index is 5.32. The Labute approximate surface area is 263 Å². The summed E-state index contributed by atoms with van der Waals surface area (Å²) in [5.74, 6) is -0.318. The summed E-state index contributed by atoms with van der Waals surface area (Å²) in [7, 11) is 0. The Morgan fingerprint density at radius 2 is 1.33 bits per heavy atom. The molecule has 0 saturated carbocycles. The van der Waals surface area contributed by atoms with E-state index in [1.54, 1.807) is 0 Å². The van der Waals surface area contributed by atoms with E-state index in [4.69, 9.17) is 28.4 Å². The van der Waals surface area contributed by atoms with Crippen molar-refractivity contribution in [2.45, 2.75) is 64.6 Å². The van der Waals surface area contributed by atoms with Crippen LogP contribution in [0.15, 0.2) is 25.3 Å². The molecule has 0 saturated heterocycles. The lowest BCUT2D eigenvalue weighted by molar-refractivity contribution is -0.153. The fourth-order valence-electron chi connectivity index (χ4n) is 3.01. The van der Waals surface area contributed by atoms with Gasteiger partial charge in [-0.3, -0.25) is 9.59 Å². The molecule has 0 aliphatic carbocycles. The van der Waals surface area contributed by atoms with Gasteiger partial charge in [0.1, 0.15) is 12.7 Å². The highest BCUT2D eigenvalue weighted by Gasteiger charge is 2.29. The maximum Gasteiger partial charge on any atom is 0.407 e. The smallest absolute Gasteiger partial charge is 0.407 e. The van der Waals surface area contributed by atoms with Crippen LogP contribution in [0.25, 0.3) is 0 Å². The van der Waals surface area contributed by atoms with E-state index in [9.17, 15) is 24.0 Å². The highest BCUT2D eigenvalue weighted by molar-refractivity contribution is 7.99. The van der Waals surface area contributed by atoms with Crippen molar-refractivity contribution in [1.82, 2.24) is 5.32 Å². The van der Waals surface area contributed by atoms with Gasteiger partial charge >= 0.3 is 30.0 Å². The Bertz CT molecular complexity index is 841. The first-order valence-electron chi connectivity index (χ1n) is 14.4. The van der Waals surface area contributed by atoms with Crippen LogP contribution in [0.4, 0.5) is 4.79 Å². The third kappa shape index (κ3) is 24.4. The van der Waals surface area contributed by atoms with Crippen molar-refractivity contribution in [2.75, 3.05) is 62.6 Å². The zero-order valence-corrected chi connectivity index (χ0v) is 27.0. The molecular weight excluding hydrogens is 602 g/mol. The Morgan fingerprint density at radius 3 is 1.98 bits per heavy atom. The zero-order valence-electron chi connectivity index (χ0n) is 25.3. The molecule has 0 bridgehead atoms. The van der Waals surface area contributed by atoms with E-state index in [0.717, 1.165) is 37.2 Å². The number of rotatable bonds is 27. The molecule has 0 aromatic carbocycles. The molecule has 0 aliphatic rings. The topological polar surface area (TPSA) is 153 Å². The summed E-state index contributed by atoms with van der Waals surface area (Å²) in [6, 6.07) is 0.